The first-order valence-corrected chi connectivity index (χ1v) is 6.32. The molecule has 1 saturated heterocycles. The summed E-state index contributed by atoms with van der Waals surface area (Å²) in [6.45, 7) is 0.805. The van der Waals surface area contributed by atoms with Crippen molar-refractivity contribution in [1.29, 1.82) is 5.26 Å². The van der Waals surface area contributed by atoms with Crippen LogP contribution in [0.25, 0.3) is 11.3 Å². The molecule has 1 aliphatic rings. The molecule has 1 aromatic heterocycles. The predicted octanol–water partition coefficient (Wildman–Crippen LogP) is 2.74. The Morgan fingerprint density at radius 1 is 1.33 bits per heavy atom. The minimum absolute atomic E-state index is 0.268. The Morgan fingerprint density at radius 2 is 2.06 bits per heavy atom. The molecular weight excluding hydrogens is 251 g/mol. The van der Waals surface area contributed by atoms with Gasteiger partial charge in [0.2, 0.25) is 0 Å². The molecule has 5 heteroatoms. The van der Waals surface area contributed by atoms with Gasteiger partial charge in [-0.05, 0) is 24.3 Å². The van der Waals surface area contributed by atoms with Crippen molar-refractivity contribution in [3.8, 4) is 17.3 Å². The minimum Gasteiger partial charge on any atom is -0.377 e. The van der Waals surface area contributed by atoms with Gasteiger partial charge in [-0.15, -0.1) is 11.3 Å². The molecule has 0 amide bonds. The molecule has 2 heterocycles. The zero-order valence-electron chi connectivity index (χ0n) is 9.39. The molecule has 3 rings (SSSR count). The Hall–Kier alpha value is -1.77. The number of ether oxygens (including phenoxy) is 1. The maximum absolute atomic E-state index is 12.8. The molecule has 0 N–H and O–H groups in total. The fourth-order valence-electron chi connectivity index (χ4n) is 1.79. The van der Waals surface area contributed by atoms with Gasteiger partial charge in [-0.25, -0.2) is 9.37 Å². The Labute approximate surface area is 107 Å². The highest BCUT2D eigenvalue weighted by Crippen LogP contribution is 2.35. The fraction of sp³-hybridized carbons (Fsp3) is 0.231. The van der Waals surface area contributed by atoms with Crippen LogP contribution >= 0.6 is 11.3 Å². The van der Waals surface area contributed by atoms with E-state index in [9.17, 15) is 9.65 Å². The molecule has 3 nitrogen and oxygen atoms in total. The Kier molecular flexibility index (Phi) is 2.62. The van der Waals surface area contributed by atoms with E-state index in [1.54, 1.807) is 12.1 Å². The normalized spacial score (nSPS) is 16.9. The van der Waals surface area contributed by atoms with Crippen molar-refractivity contribution in [2.75, 3.05) is 13.2 Å². The van der Waals surface area contributed by atoms with Gasteiger partial charge in [-0.3, -0.25) is 0 Å². The van der Waals surface area contributed by atoms with E-state index < -0.39 is 5.41 Å². The van der Waals surface area contributed by atoms with Crippen molar-refractivity contribution in [2.45, 2.75) is 5.41 Å². The molecule has 0 saturated carbocycles. The Balaban J connectivity index is 1.95. The summed E-state index contributed by atoms with van der Waals surface area (Å²) in [5.41, 5.74) is 1.05. The van der Waals surface area contributed by atoms with Gasteiger partial charge in [0.05, 0.1) is 25.0 Å². The number of hydrogen-bond acceptors (Lipinski definition) is 4. The first kappa shape index (κ1) is 11.3. The van der Waals surface area contributed by atoms with Crippen LogP contribution in [0.15, 0.2) is 29.6 Å². The van der Waals surface area contributed by atoms with Crippen molar-refractivity contribution in [3.63, 3.8) is 0 Å². The third-order valence-corrected chi connectivity index (χ3v) is 4.01. The van der Waals surface area contributed by atoms with Gasteiger partial charge in [0, 0.05) is 10.9 Å². The van der Waals surface area contributed by atoms with Crippen LogP contribution in [-0.4, -0.2) is 18.2 Å². The topological polar surface area (TPSA) is 45.9 Å². The van der Waals surface area contributed by atoms with Gasteiger partial charge in [0.15, 0.2) is 5.41 Å². The van der Waals surface area contributed by atoms with E-state index in [2.05, 4.69) is 11.1 Å². The number of nitriles is 1. The first-order valence-electron chi connectivity index (χ1n) is 5.44. The van der Waals surface area contributed by atoms with Crippen molar-refractivity contribution in [3.05, 3.63) is 40.5 Å². The molecule has 1 aliphatic heterocycles. The highest BCUT2D eigenvalue weighted by Gasteiger charge is 2.43. The van der Waals surface area contributed by atoms with Gasteiger partial charge < -0.3 is 4.74 Å². The molecule has 0 atom stereocenters. The van der Waals surface area contributed by atoms with Crippen LogP contribution in [0.3, 0.4) is 0 Å². The van der Waals surface area contributed by atoms with Crippen LogP contribution < -0.4 is 0 Å². The lowest BCUT2D eigenvalue weighted by molar-refractivity contribution is -0.0298. The molecule has 0 unspecified atom stereocenters. The summed E-state index contributed by atoms with van der Waals surface area (Å²) in [7, 11) is 0. The van der Waals surface area contributed by atoms with Crippen LogP contribution in [0.5, 0.6) is 0 Å². The van der Waals surface area contributed by atoms with E-state index in [1.165, 1.54) is 23.5 Å². The van der Waals surface area contributed by atoms with Gasteiger partial charge in [0.25, 0.3) is 0 Å². The minimum atomic E-state index is -0.580. The van der Waals surface area contributed by atoms with Crippen LogP contribution in [0, 0.1) is 17.1 Å². The lowest BCUT2D eigenvalue weighted by Gasteiger charge is -2.32. The van der Waals surface area contributed by atoms with E-state index in [4.69, 9.17) is 4.74 Å². The monoisotopic (exact) mass is 260 g/mol. The summed E-state index contributed by atoms with van der Waals surface area (Å²) in [4.78, 5) is 4.47. The summed E-state index contributed by atoms with van der Waals surface area (Å²) >= 11 is 1.45. The quantitative estimate of drug-likeness (QED) is 0.834. The number of nitrogens with zero attached hydrogens (tertiary/aromatic N) is 2. The maximum atomic E-state index is 12.8. The van der Waals surface area contributed by atoms with E-state index in [0.29, 0.717) is 13.2 Å². The number of hydrogen-bond donors (Lipinski definition) is 0. The smallest absolute Gasteiger partial charge is 0.155 e. The third kappa shape index (κ3) is 1.70. The number of halogens is 1. The average molecular weight is 260 g/mol. The fourth-order valence-corrected chi connectivity index (χ4v) is 2.74. The summed E-state index contributed by atoms with van der Waals surface area (Å²) in [6.07, 6.45) is 0. The Morgan fingerprint density at radius 3 is 2.61 bits per heavy atom. The standard InChI is InChI=1S/C13H9FN2OS/c14-10-3-1-9(2-4-10)11-5-18-12(16-11)13(6-15)7-17-8-13/h1-5H,7-8H2. The molecule has 90 valence electrons. The molecule has 0 radical (unpaired) electrons. The number of rotatable bonds is 2. The molecule has 0 bridgehead atoms. The first-order chi connectivity index (χ1) is 8.73. The van der Waals surface area contributed by atoms with E-state index in [1.807, 2.05) is 5.38 Å². The van der Waals surface area contributed by atoms with Crippen LogP contribution in [0.2, 0.25) is 0 Å². The van der Waals surface area contributed by atoms with Crippen LogP contribution in [-0.2, 0) is 10.2 Å². The summed E-state index contributed by atoms with van der Waals surface area (Å²) < 4.78 is 17.9. The van der Waals surface area contributed by atoms with Crippen molar-refractivity contribution in [1.82, 2.24) is 4.98 Å². The van der Waals surface area contributed by atoms with Gasteiger partial charge in [-0.2, -0.15) is 5.26 Å². The molecular formula is C13H9FN2OS. The van der Waals surface area contributed by atoms with Crippen LogP contribution in [0.4, 0.5) is 4.39 Å². The highest BCUT2D eigenvalue weighted by atomic mass is 32.1. The van der Waals surface area contributed by atoms with Crippen molar-refractivity contribution < 1.29 is 9.13 Å². The molecule has 0 spiro atoms. The third-order valence-electron chi connectivity index (χ3n) is 2.96. The average Bonchev–Trinajstić information content (AvgIpc) is 2.79. The predicted molar refractivity (Wildman–Crippen MR) is 65.6 cm³/mol. The summed E-state index contributed by atoms with van der Waals surface area (Å²) in [6, 6.07) is 8.45. The number of thiazole rings is 1. The lowest BCUT2D eigenvalue weighted by Crippen LogP contribution is -2.45. The summed E-state index contributed by atoms with van der Waals surface area (Å²) in [5, 5.41) is 11.9. The molecule has 2 aromatic rings. The summed E-state index contributed by atoms with van der Waals surface area (Å²) in [5.74, 6) is -0.268. The highest BCUT2D eigenvalue weighted by molar-refractivity contribution is 7.10. The largest absolute Gasteiger partial charge is 0.377 e. The van der Waals surface area contributed by atoms with E-state index >= 15 is 0 Å². The molecule has 18 heavy (non-hydrogen) atoms. The zero-order chi connectivity index (χ0) is 12.6. The second-order valence-corrected chi connectivity index (χ2v) is 5.09. The van der Waals surface area contributed by atoms with Crippen molar-refractivity contribution >= 4 is 11.3 Å². The SMILES string of the molecule is N#CC1(c2nc(-c3ccc(F)cc3)cs2)COC1. The molecule has 0 aliphatic carbocycles. The maximum Gasteiger partial charge on any atom is 0.155 e. The second kappa shape index (κ2) is 4.16. The molecule has 1 fully saturated rings. The zero-order valence-corrected chi connectivity index (χ0v) is 10.2. The van der Waals surface area contributed by atoms with E-state index in [0.717, 1.165) is 16.3 Å². The number of aromatic nitrogens is 1. The van der Waals surface area contributed by atoms with Gasteiger partial charge in [-0.1, -0.05) is 0 Å². The lowest BCUT2D eigenvalue weighted by atomic mass is 9.89. The second-order valence-electron chi connectivity index (χ2n) is 4.23. The van der Waals surface area contributed by atoms with Gasteiger partial charge in [0.1, 0.15) is 10.8 Å². The Bertz CT molecular complexity index is 611. The van der Waals surface area contributed by atoms with Crippen molar-refractivity contribution in [2.24, 2.45) is 0 Å². The molecule has 1 aromatic carbocycles. The van der Waals surface area contributed by atoms with Gasteiger partial charge >= 0.3 is 0 Å². The van der Waals surface area contributed by atoms with E-state index in [-0.39, 0.29) is 5.82 Å². The number of benzene rings is 1. The van der Waals surface area contributed by atoms with Crippen LogP contribution in [0.1, 0.15) is 5.01 Å².